The van der Waals surface area contributed by atoms with Gasteiger partial charge in [0.05, 0.1) is 34.4 Å². The van der Waals surface area contributed by atoms with Crippen LogP contribution in [0.2, 0.25) is 0 Å². The first-order valence-electron chi connectivity index (χ1n) is 38.2. The van der Waals surface area contributed by atoms with E-state index in [0.29, 0.717) is 17.4 Å². The van der Waals surface area contributed by atoms with E-state index in [1.165, 1.54) is 315 Å². The van der Waals surface area contributed by atoms with Crippen LogP contribution in [0.3, 0.4) is 0 Å². The Balaban J connectivity index is 4.00. The lowest BCUT2D eigenvalue weighted by atomic mass is 10.0. The Morgan fingerprint density at radius 3 is 0.920 bits per heavy atom. The monoisotopic (exact) mass is 1230 g/mol. The summed E-state index contributed by atoms with van der Waals surface area (Å²) in [6, 6.07) is 0. The fourth-order valence-electron chi connectivity index (χ4n) is 11.5. The highest BCUT2D eigenvalue weighted by molar-refractivity contribution is 5.71. The van der Waals surface area contributed by atoms with Crippen molar-refractivity contribution in [3.63, 3.8) is 0 Å². The number of aliphatic carboxylic acids is 1. The quantitative estimate of drug-likeness (QED) is 0.0211. The molecule has 0 aromatic carbocycles. The Kier molecular flexibility index (Phi) is 67.4. The topological polar surface area (TPSA) is 108 Å². The molecule has 0 amide bonds. The number of likely N-dealkylation sites (N-methyl/N-ethyl adjacent to an activating group) is 1. The minimum absolute atomic E-state index is 0.176. The number of carbonyl (C=O) groups excluding carboxylic acids is 2. The van der Waals surface area contributed by atoms with Crippen molar-refractivity contribution in [2.75, 3.05) is 47.5 Å². The number of carboxylic acid groups (broad SMARTS) is 1. The van der Waals surface area contributed by atoms with Gasteiger partial charge in [-0.15, -0.1) is 0 Å². The van der Waals surface area contributed by atoms with Crippen molar-refractivity contribution in [2.24, 2.45) is 0 Å². The van der Waals surface area contributed by atoms with Crippen LogP contribution in [0.25, 0.3) is 0 Å². The van der Waals surface area contributed by atoms with Crippen LogP contribution in [0.5, 0.6) is 0 Å². The van der Waals surface area contributed by atoms with Crippen molar-refractivity contribution >= 4 is 17.9 Å². The van der Waals surface area contributed by atoms with Gasteiger partial charge in [0.15, 0.2) is 6.10 Å². The zero-order valence-corrected chi connectivity index (χ0v) is 58.7. The molecular formula is C78H148NO8+. The van der Waals surface area contributed by atoms with E-state index in [1.807, 2.05) is 21.1 Å². The normalized spacial score (nSPS) is 12.8. The van der Waals surface area contributed by atoms with E-state index in [-0.39, 0.29) is 38.2 Å². The summed E-state index contributed by atoms with van der Waals surface area (Å²) in [5.41, 5.74) is 0. The summed E-state index contributed by atoms with van der Waals surface area (Å²) in [7, 11) is 6.00. The molecule has 9 nitrogen and oxygen atoms in total. The van der Waals surface area contributed by atoms with Crippen LogP contribution in [-0.4, -0.2) is 87.4 Å². The van der Waals surface area contributed by atoms with Crippen LogP contribution in [0.4, 0.5) is 0 Å². The van der Waals surface area contributed by atoms with Gasteiger partial charge < -0.3 is 28.5 Å². The van der Waals surface area contributed by atoms with Crippen LogP contribution >= 0.6 is 0 Å². The predicted molar refractivity (Wildman–Crippen MR) is 374 cm³/mol. The van der Waals surface area contributed by atoms with Crippen molar-refractivity contribution in [1.82, 2.24) is 0 Å². The smallest absolute Gasteiger partial charge is 0.361 e. The zero-order valence-electron chi connectivity index (χ0n) is 58.7. The molecule has 0 spiro atoms. The number of esters is 2. The lowest BCUT2D eigenvalue weighted by Crippen LogP contribution is -2.40. The molecule has 0 aliphatic carbocycles. The largest absolute Gasteiger partial charge is 0.477 e. The minimum atomic E-state index is -1.51. The Morgan fingerprint density at radius 1 is 0.345 bits per heavy atom. The van der Waals surface area contributed by atoms with Gasteiger partial charge in [-0.1, -0.05) is 339 Å². The fourth-order valence-corrected chi connectivity index (χ4v) is 11.5. The standard InChI is InChI=1S/C78H147NO8/c1-6-8-10-12-14-16-18-20-22-24-26-28-30-32-34-35-36-37-38-39-40-41-43-45-47-49-51-53-55-57-59-61-63-65-67-69-76(81)87-74(73-86-78(77(82)83)84-71-70-79(3,4)5)72-85-75(80)68-66-64-62-60-58-56-54-52-50-48-46-44-42-33-31-29-27-25-23-21-19-17-15-13-11-9-7-2/h18,20,24-27,74,78H,6-17,19,21-23,28-73H2,1-5H3/p+1/b20-18-,26-24-,27-25-. The third kappa shape index (κ3) is 70.8. The Morgan fingerprint density at radius 2 is 0.621 bits per heavy atom. The van der Waals surface area contributed by atoms with Gasteiger partial charge in [-0.05, 0) is 70.6 Å². The van der Waals surface area contributed by atoms with E-state index >= 15 is 0 Å². The maximum Gasteiger partial charge on any atom is 0.361 e. The van der Waals surface area contributed by atoms with Crippen molar-refractivity contribution < 1.29 is 42.9 Å². The molecule has 0 aliphatic heterocycles. The molecule has 2 unspecified atom stereocenters. The molecule has 0 aromatic rings. The van der Waals surface area contributed by atoms with Gasteiger partial charge in [0.2, 0.25) is 0 Å². The minimum Gasteiger partial charge on any atom is -0.477 e. The molecular weight excluding hydrogens is 1080 g/mol. The van der Waals surface area contributed by atoms with Gasteiger partial charge in [-0.3, -0.25) is 9.59 Å². The molecule has 0 heterocycles. The van der Waals surface area contributed by atoms with Gasteiger partial charge >= 0.3 is 17.9 Å². The third-order valence-corrected chi connectivity index (χ3v) is 17.4. The summed E-state index contributed by atoms with van der Waals surface area (Å²) in [5, 5.41) is 9.76. The third-order valence-electron chi connectivity index (χ3n) is 17.4. The molecule has 1 N–H and O–H groups in total. The van der Waals surface area contributed by atoms with Gasteiger partial charge in [-0.25, -0.2) is 4.79 Å². The molecule has 0 saturated heterocycles. The Labute approximate surface area is 540 Å². The second-order valence-electron chi connectivity index (χ2n) is 27.3. The maximum absolute atomic E-state index is 13.0. The van der Waals surface area contributed by atoms with Crippen LogP contribution in [-0.2, 0) is 33.3 Å². The number of hydrogen-bond donors (Lipinski definition) is 1. The SMILES string of the molecule is CCCCCCC/C=C\C/C=C\CCCCCCCCCCCCCCCCCCCCCCCCCC(=O)OC(COC(=O)CCCCCCCCCCCCCCCCC/C=C\CCCCCCCCCC)COC(OCC[N+](C)(C)C)C(=O)O. The molecule has 0 aromatic heterocycles. The van der Waals surface area contributed by atoms with Gasteiger partial charge in [0, 0.05) is 12.8 Å². The van der Waals surface area contributed by atoms with Gasteiger partial charge in [0.25, 0.3) is 6.29 Å². The highest BCUT2D eigenvalue weighted by atomic mass is 16.7. The van der Waals surface area contributed by atoms with E-state index in [1.54, 1.807) is 0 Å². The number of unbranched alkanes of at least 4 members (excludes halogenated alkanes) is 51. The van der Waals surface area contributed by atoms with E-state index in [4.69, 9.17) is 18.9 Å². The highest BCUT2D eigenvalue weighted by Gasteiger charge is 2.25. The number of hydrogen-bond acceptors (Lipinski definition) is 7. The first kappa shape index (κ1) is 84.5. The summed E-state index contributed by atoms with van der Waals surface area (Å²) in [5.74, 6) is -1.97. The highest BCUT2D eigenvalue weighted by Crippen LogP contribution is 2.19. The van der Waals surface area contributed by atoms with Crippen LogP contribution in [0, 0.1) is 0 Å². The van der Waals surface area contributed by atoms with Gasteiger partial charge in [0.1, 0.15) is 13.2 Å². The number of quaternary nitrogens is 1. The molecule has 0 fully saturated rings. The summed E-state index contributed by atoms with van der Waals surface area (Å²) >= 11 is 0. The van der Waals surface area contributed by atoms with Crippen molar-refractivity contribution in [1.29, 1.82) is 0 Å². The van der Waals surface area contributed by atoms with Crippen molar-refractivity contribution in [2.45, 2.75) is 399 Å². The Hall–Kier alpha value is -2.49. The molecule has 0 radical (unpaired) electrons. The number of allylic oxidation sites excluding steroid dienone is 6. The molecule has 512 valence electrons. The van der Waals surface area contributed by atoms with Crippen molar-refractivity contribution in [3.8, 4) is 0 Å². The number of ether oxygens (including phenoxy) is 4. The van der Waals surface area contributed by atoms with E-state index in [9.17, 15) is 19.5 Å². The summed E-state index contributed by atoms with van der Waals surface area (Å²) in [4.78, 5) is 37.7. The van der Waals surface area contributed by atoms with Crippen molar-refractivity contribution in [3.05, 3.63) is 36.5 Å². The van der Waals surface area contributed by atoms with Crippen LogP contribution in [0.15, 0.2) is 36.5 Å². The molecule has 0 aliphatic rings. The average Bonchev–Trinajstić information content (AvgIpc) is 3.56. The van der Waals surface area contributed by atoms with E-state index in [0.717, 1.165) is 44.9 Å². The lowest BCUT2D eigenvalue weighted by Gasteiger charge is -2.25. The second kappa shape index (κ2) is 69.4. The fraction of sp³-hybridized carbons (Fsp3) is 0.885. The summed E-state index contributed by atoms with van der Waals surface area (Å²) in [6.07, 6.45) is 85.7. The molecule has 87 heavy (non-hydrogen) atoms. The second-order valence-corrected chi connectivity index (χ2v) is 27.3. The number of carbonyl (C=O) groups is 3. The lowest BCUT2D eigenvalue weighted by molar-refractivity contribution is -0.870. The first-order chi connectivity index (χ1) is 42.6. The van der Waals surface area contributed by atoms with Crippen LogP contribution < -0.4 is 0 Å². The molecule has 0 rings (SSSR count). The Bertz CT molecular complexity index is 1520. The van der Waals surface area contributed by atoms with Crippen LogP contribution in [0.1, 0.15) is 386 Å². The first-order valence-corrected chi connectivity index (χ1v) is 38.2. The number of rotatable bonds is 72. The van der Waals surface area contributed by atoms with E-state index < -0.39 is 18.4 Å². The molecule has 0 bridgehead atoms. The maximum atomic E-state index is 13.0. The predicted octanol–water partition coefficient (Wildman–Crippen LogP) is 23.9. The zero-order chi connectivity index (χ0) is 63.3. The van der Waals surface area contributed by atoms with Gasteiger partial charge in [-0.2, -0.15) is 0 Å². The molecule has 9 heteroatoms. The molecule has 0 saturated carbocycles. The summed E-state index contributed by atoms with van der Waals surface area (Å²) in [6.45, 7) is 4.94. The molecule has 2 atom stereocenters. The average molecular weight is 1230 g/mol. The van der Waals surface area contributed by atoms with E-state index in [2.05, 4.69) is 50.3 Å². The number of nitrogens with zero attached hydrogens (tertiary/aromatic N) is 1. The number of carboxylic acids is 1. The summed E-state index contributed by atoms with van der Waals surface area (Å²) < 4.78 is 23.0.